The fourth-order valence-corrected chi connectivity index (χ4v) is 9.50. The van der Waals surface area contributed by atoms with Crippen molar-refractivity contribution in [2.75, 3.05) is 17.4 Å². The number of aromatic carboxylic acids is 1. The number of amides is 4. The van der Waals surface area contributed by atoms with E-state index in [1.807, 2.05) is 0 Å². The van der Waals surface area contributed by atoms with E-state index in [4.69, 9.17) is 27.9 Å². The number of anilines is 2. The number of allylic oxidation sites excluding steroid dienone is 2. The van der Waals surface area contributed by atoms with Crippen molar-refractivity contribution < 1.29 is 48.4 Å². The number of aromatic hydroxyl groups is 2. The number of para-hydroxylation sites is 1. The van der Waals surface area contributed by atoms with Gasteiger partial charge in [-0.25, -0.2) is 14.1 Å². The van der Waals surface area contributed by atoms with Crippen LogP contribution in [0.25, 0.3) is 0 Å². The molecule has 2 aliphatic heterocycles. The lowest BCUT2D eigenvalue weighted by molar-refractivity contribution is -0.138. The number of imide groups is 2. The minimum absolute atomic E-state index is 0.00875. The van der Waals surface area contributed by atoms with Gasteiger partial charge in [-0.05, 0) is 72.9 Å². The average molecular weight is 787 g/mol. The number of carbonyl (C=O) groups excluding carboxylic acids is 4. The number of benzene rings is 4. The predicted molar refractivity (Wildman–Crippen MR) is 196 cm³/mol. The summed E-state index contributed by atoms with van der Waals surface area (Å²) in [6.07, 6.45) is 1.63. The molecule has 2 heterocycles. The Labute approximate surface area is 322 Å². The van der Waals surface area contributed by atoms with E-state index in [0.717, 1.165) is 28.1 Å². The molecule has 4 aromatic carbocycles. The molecule has 8 rings (SSSR count). The summed E-state index contributed by atoms with van der Waals surface area (Å²) in [5.41, 5.74) is 1.54. The fraction of sp³-hybridized carbons (Fsp3) is 0.225. The Hall–Kier alpha value is -5.92. The number of carbonyl (C=O) groups is 5. The molecule has 4 amide bonds. The largest absolute Gasteiger partial charge is 0.507 e. The summed E-state index contributed by atoms with van der Waals surface area (Å²) < 4.78 is 20.8. The Morgan fingerprint density at radius 2 is 1.67 bits per heavy atom. The molecule has 55 heavy (non-hydrogen) atoms. The molecule has 4 aromatic rings. The quantitative estimate of drug-likeness (QED) is 0.121. The predicted octanol–water partition coefficient (Wildman–Crippen LogP) is 6.44. The second kappa shape index (κ2) is 13.1. The lowest BCUT2D eigenvalue weighted by Gasteiger charge is -2.50. The highest BCUT2D eigenvalue weighted by molar-refractivity contribution is 6.36. The zero-order valence-electron chi connectivity index (χ0n) is 28.7. The highest BCUT2D eigenvalue weighted by Gasteiger charge is 2.70. The minimum Gasteiger partial charge on any atom is -0.507 e. The third kappa shape index (κ3) is 5.28. The van der Waals surface area contributed by atoms with Crippen LogP contribution in [0.1, 0.15) is 40.2 Å². The van der Waals surface area contributed by atoms with Gasteiger partial charge >= 0.3 is 5.97 Å². The van der Waals surface area contributed by atoms with Crippen LogP contribution >= 0.6 is 23.2 Å². The Balaban J connectivity index is 1.32. The molecule has 0 radical (unpaired) electrons. The van der Waals surface area contributed by atoms with Crippen LogP contribution in [-0.2, 0) is 24.6 Å². The number of rotatable bonds is 7. The molecule has 3 fully saturated rings. The van der Waals surface area contributed by atoms with Crippen molar-refractivity contribution in [3.63, 3.8) is 0 Å². The van der Waals surface area contributed by atoms with E-state index in [0.29, 0.717) is 21.9 Å². The molecule has 280 valence electrons. The lowest BCUT2D eigenvalue weighted by Crippen LogP contribution is -2.53. The van der Waals surface area contributed by atoms with Gasteiger partial charge in [0.2, 0.25) is 11.8 Å². The van der Waals surface area contributed by atoms with Crippen LogP contribution in [0, 0.1) is 29.5 Å². The number of fused-ring (bicyclic) bond motifs is 4. The normalized spacial score (nSPS) is 25.7. The molecule has 2 aliphatic carbocycles. The number of ether oxygens (including phenoxy) is 1. The maximum absolute atomic E-state index is 15.4. The van der Waals surface area contributed by atoms with Crippen LogP contribution in [-0.4, -0.2) is 57.0 Å². The first-order chi connectivity index (χ1) is 26.3. The van der Waals surface area contributed by atoms with Gasteiger partial charge in [0, 0.05) is 22.6 Å². The van der Waals surface area contributed by atoms with E-state index in [1.54, 1.807) is 30.3 Å². The van der Waals surface area contributed by atoms with Crippen molar-refractivity contribution in [1.82, 2.24) is 5.01 Å². The summed E-state index contributed by atoms with van der Waals surface area (Å²) in [6, 6.07) is 18.2. The number of methoxy groups -OCH3 is 1. The van der Waals surface area contributed by atoms with Crippen molar-refractivity contribution in [3.8, 4) is 17.2 Å². The van der Waals surface area contributed by atoms with E-state index in [2.05, 4.69) is 5.43 Å². The van der Waals surface area contributed by atoms with Crippen LogP contribution in [0.15, 0.2) is 90.5 Å². The van der Waals surface area contributed by atoms with Gasteiger partial charge in [0.1, 0.15) is 17.1 Å². The van der Waals surface area contributed by atoms with Crippen molar-refractivity contribution in [2.24, 2.45) is 23.7 Å². The summed E-state index contributed by atoms with van der Waals surface area (Å²) in [6.45, 7) is 0. The summed E-state index contributed by atoms with van der Waals surface area (Å²) >= 11 is 12.6. The Morgan fingerprint density at radius 3 is 2.35 bits per heavy atom. The van der Waals surface area contributed by atoms with Gasteiger partial charge in [-0.1, -0.05) is 59.1 Å². The molecular weight excluding hydrogens is 756 g/mol. The maximum Gasteiger partial charge on any atom is 0.339 e. The molecule has 0 bridgehead atoms. The van der Waals surface area contributed by atoms with Crippen molar-refractivity contribution in [2.45, 2.75) is 24.2 Å². The van der Waals surface area contributed by atoms with Crippen molar-refractivity contribution in [1.29, 1.82) is 0 Å². The molecule has 15 heteroatoms. The summed E-state index contributed by atoms with van der Waals surface area (Å²) in [4.78, 5) is 71.1. The van der Waals surface area contributed by atoms with Crippen molar-refractivity contribution >= 4 is 64.2 Å². The molecule has 1 saturated carbocycles. The zero-order chi connectivity index (χ0) is 39.1. The van der Waals surface area contributed by atoms with Gasteiger partial charge in [-0.3, -0.25) is 24.6 Å². The number of carboxylic acid groups (broad SMARTS) is 1. The summed E-state index contributed by atoms with van der Waals surface area (Å²) in [7, 11) is 1.47. The van der Waals surface area contributed by atoms with Crippen LogP contribution in [0.3, 0.4) is 0 Å². The monoisotopic (exact) mass is 785 g/mol. The van der Waals surface area contributed by atoms with Crippen molar-refractivity contribution in [3.05, 3.63) is 123 Å². The molecule has 12 nitrogen and oxygen atoms in total. The second-order valence-electron chi connectivity index (χ2n) is 13.9. The average Bonchev–Trinajstić information content (AvgIpc) is 3.54. The van der Waals surface area contributed by atoms with E-state index >= 15 is 9.18 Å². The number of halogens is 3. The number of nitrogens with one attached hydrogen (secondary N) is 1. The van der Waals surface area contributed by atoms with Crippen LogP contribution in [0.4, 0.5) is 15.8 Å². The van der Waals surface area contributed by atoms with Crippen LogP contribution in [0.5, 0.6) is 17.2 Å². The minimum atomic E-state index is -1.83. The fourth-order valence-electron chi connectivity index (χ4n) is 9.05. The van der Waals surface area contributed by atoms with E-state index in [-0.39, 0.29) is 34.8 Å². The van der Waals surface area contributed by atoms with Crippen LogP contribution < -0.4 is 15.1 Å². The third-order valence-electron chi connectivity index (χ3n) is 11.4. The van der Waals surface area contributed by atoms with Gasteiger partial charge in [-0.2, -0.15) is 5.01 Å². The lowest BCUT2D eigenvalue weighted by atomic mass is 9.49. The second-order valence-corrected chi connectivity index (χ2v) is 14.8. The number of nitrogens with zero attached hydrogens (tertiary/aromatic N) is 2. The summed E-state index contributed by atoms with van der Waals surface area (Å²) in [5, 5.41) is 32.5. The first-order valence-corrected chi connectivity index (χ1v) is 17.9. The number of carboxylic acids is 1. The maximum atomic E-state index is 15.4. The van der Waals surface area contributed by atoms with Crippen LogP contribution in [0.2, 0.25) is 10.0 Å². The number of phenols is 2. The number of phenolic OH excluding ortho intramolecular Hbond substituents is 1. The highest BCUT2D eigenvalue weighted by Crippen LogP contribution is 2.65. The van der Waals surface area contributed by atoms with Gasteiger partial charge in [-0.15, -0.1) is 0 Å². The smallest absolute Gasteiger partial charge is 0.339 e. The van der Waals surface area contributed by atoms with E-state index in [9.17, 15) is 34.5 Å². The molecule has 6 atom stereocenters. The third-order valence-corrected chi connectivity index (χ3v) is 11.9. The van der Waals surface area contributed by atoms with Gasteiger partial charge in [0.25, 0.3) is 11.8 Å². The Bertz CT molecular complexity index is 2390. The summed E-state index contributed by atoms with van der Waals surface area (Å²) in [5.74, 6) is -11.4. The molecule has 6 unspecified atom stereocenters. The molecular formula is C40H30Cl2FN3O9. The number of hydrogen-bond acceptors (Lipinski definition) is 9. The molecule has 2 saturated heterocycles. The first-order valence-electron chi connectivity index (χ1n) is 17.2. The molecule has 4 N–H and O–H groups in total. The standard InChI is InChI=1S/C40H30Cl2FN3O9/c1-55-21-9-5-18(6-10-21)40-27(36(50)46(39(40)54)44-30-14-7-19(41)15-28(30)42)17-26-22(33(40)25-3-2-4-29(43)34(25)48)12-13-24-32(26)37(51)45(35(24)49)20-8-11-23(38(52)53)31(47)16-20/h2-12,14-16,24,26-27,32-33,44,47-48H,13,17H2,1H3,(H,52,53). The molecule has 0 aromatic heterocycles. The number of hydrazine groups is 1. The SMILES string of the molecule is COc1ccc(C23C(=O)N(Nc4ccc(Cl)cc4Cl)C(=O)C2CC2C(=CCC4C(=O)N(c5ccc(C(=O)O)c(O)c5)C(=O)C42)C3c2cccc(F)c2O)cc1. The Kier molecular flexibility index (Phi) is 8.61. The Morgan fingerprint density at radius 1 is 0.927 bits per heavy atom. The van der Waals surface area contributed by atoms with Gasteiger partial charge in [0.05, 0.1) is 46.7 Å². The number of hydrogen-bond donors (Lipinski definition) is 4. The van der Waals surface area contributed by atoms with E-state index in [1.165, 1.54) is 43.5 Å². The zero-order valence-corrected chi connectivity index (χ0v) is 30.2. The first kappa shape index (κ1) is 36.1. The van der Waals surface area contributed by atoms with Gasteiger partial charge in [0.15, 0.2) is 11.6 Å². The molecule has 4 aliphatic rings. The van der Waals surface area contributed by atoms with E-state index < -0.39 is 87.5 Å². The van der Waals surface area contributed by atoms with Gasteiger partial charge < -0.3 is 20.1 Å². The topological polar surface area (TPSA) is 174 Å². The molecule has 0 spiro atoms. The highest BCUT2D eigenvalue weighted by atomic mass is 35.5.